The molecule has 0 radical (unpaired) electrons. The molecule has 2 aromatic carbocycles. The monoisotopic (exact) mass is 328 g/mol. The van der Waals surface area contributed by atoms with Crippen molar-refractivity contribution in [3.05, 3.63) is 59.9 Å². The third-order valence-electron chi connectivity index (χ3n) is 5.85. The summed E-state index contributed by atoms with van der Waals surface area (Å²) in [6.07, 6.45) is 4.12. The van der Waals surface area contributed by atoms with Crippen molar-refractivity contribution in [3.63, 3.8) is 0 Å². The molecule has 0 amide bonds. The molecule has 1 aromatic heterocycles. The van der Waals surface area contributed by atoms with E-state index in [1.54, 1.807) is 0 Å². The van der Waals surface area contributed by atoms with E-state index in [0.717, 1.165) is 36.2 Å². The van der Waals surface area contributed by atoms with Crippen LogP contribution in [-0.4, -0.2) is 22.6 Å². The van der Waals surface area contributed by atoms with Crippen molar-refractivity contribution in [1.82, 2.24) is 9.97 Å². The molecule has 3 heterocycles. The van der Waals surface area contributed by atoms with Crippen LogP contribution in [0.1, 0.15) is 30.7 Å². The maximum absolute atomic E-state index is 10.3. The fraction of sp³-hybridized carbons (Fsp3) is 0.333. The van der Waals surface area contributed by atoms with Crippen molar-refractivity contribution >= 4 is 16.7 Å². The predicted octanol–water partition coefficient (Wildman–Crippen LogP) is 3.94. The summed E-state index contributed by atoms with van der Waals surface area (Å²) in [6, 6.07) is 19.5. The molecule has 4 heteroatoms. The van der Waals surface area contributed by atoms with Gasteiger partial charge in [0.25, 0.3) is 0 Å². The van der Waals surface area contributed by atoms with Gasteiger partial charge in [-0.05, 0) is 43.0 Å². The summed E-state index contributed by atoms with van der Waals surface area (Å²) in [7, 11) is 0. The summed E-state index contributed by atoms with van der Waals surface area (Å²) < 4.78 is 0. The van der Waals surface area contributed by atoms with E-state index in [1.807, 2.05) is 24.3 Å². The Kier molecular flexibility index (Phi) is 3.11. The highest BCUT2D eigenvalue weighted by Gasteiger charge is 2.50. The zero-order chi connectivity index (χ0) is 16.9. The first-order chi connectivity index (χ1) is 12.3. The molecule has 1 N–H and O–H groups in total. The molecule has 1 saturated heterocycles. The molecule has 124 valence electrons. The molecule has 5 rings (SSSR count). The Morgan fingerprint density at radius 1 is 1.12 bits per heavy atom. The molecular weight excluding hydrogens is 308 g/mol. The van der Waals surface area contributed by atoms with Gasteiger partial charge in [-0.1, -0.05) is 30.3 Å². The second-order valence-electron chi connectivity index (χ2n) is 7.20. The van der Waals surface area contributed by atoms with Gasteiger partial charge >= 0.3 is 0 Å². The largest absolute Gasteiger partial charge is 0.366 e. The van der Waals surface area contributed by atoms with Gasteiger partial charge in [-0.2, -0.15) is 5.26 Å². The molecule has 2 unspecified atom stereocenters. The van der Waals surface area contributed by atoms with Gasteiger partial charge in [-0.3, -0.25) is 0 Å². The van der Waals surface area contributed by atoms with Crippen LogP contribution in [0.4, 0.5) is 5.69 Å². The quantitative estimate of drug-likeness (QED) is 0.736. The first-order valence-corrected chi connectivity index (χ1v) is 9.03. The Bertz CT molecular complexity index is 950. The molecule has 0 bridgehead atoms. The average molecular weight is 328 g/mol. The normalized spacial score (nSPS) is 25.2. The highest BCUT2D eigenvalue weighted by Crippen LogP contribution is 2.45. The molecule has 2 aliphatic rings. The lowest BCUT2D eigenvalue weighted by atomic mass is 9.69. The van der Waals surface area contributed by atoms with Gasteiger partial charge in [-0.25, -0.2) is 4.98 Å². The summed E-state index contributed by atoms with van der Waals surface area (Å²) in [6.45, 7) is 1.02. The van der Waals surface area contributed by atoms with Crippen molar-refractivity contribution in [2.75, 3.05) is 11.4 Å². The summed E-state index contributed by atoms with van der Waals surface area (Å²) in [5.41, 5.74) is 3.88. The number of hydrogen-bond donors (Lipinski definition) is 1. The minimum atomic E-state index is -0.617. The van der Waals surface area contributed by atoms with E-state index in [-0.39, 0.29) is 6.04 Å². The number of nitrogens with zero attached hydrogens (tertiary/aromatic N) is 3. The second-order valence-corrected chi connectivity index (χ2v) is 7.20. The molecule has 4 nitrogen and oxygen atoms in total. The first kappa shape index (κ1) is 14.5. The van der Waals surface area contributed by atoms with Crippen LogP contribution in [0.2, 0.25) is 0 Å². The molecule has 2 atom stereocenters. The number of rotatable bonds is 1. The summed E-state index contributed by atoms with van der Waals surface area (Å²) >= 11 is 0. The van der Waals surface area contributed by atoms with Crippen molar-refractivity contribution in [1.29, 1.82) is 5.26 Å². The summed E-state index contributed by atoms with van der Waals surface area (Å²) in [5, 5.41) is 10.3. The van der Waals surface area contributed by atoms with Crippen LogP contribution in [0.5, 0.6) is 0 Å². The average Bonchev–Trinajstić information content (AvgIpc) is 3.12. The maximum Gasteiger partial charge on any atom is 0.139 e. The Labute approximate surface area is 147 Å². The number of aromatic nitrogens is 2. The van der Waals surface area contributed by atoms with Crippen LogP contribution in [0.15, 0.2) is 48.5 Å². The molecule has 25 heavy (non-hydrogen) atoms. The number of nitrogens with one attached hydrogen (secondary N) is 1. The van der Waals surface area contributed by atoms with Crippen molar-refractivity contribution < 1.29 is 0 Å². The van der Waals surface area contributed by atoms with Gasteiger partial charge in [0.1, 0.15) is 11.2 Å². The standard InChI is InChI=1S/C21H20N4/c22-14-21(20-23-16-8-2-3-9-17(16)24-20)13-15-7-1-4-10-18(15)25-12-6-5-11-19(21)25/h1-4,7-10,19H,5-6,11-13H2,(H,23,24). The molecule has 2 aliphatic heterocycles. The number of H-pyrrole nitrogens is 1. The van der Waals surface area contributed by atoms with E-state index in [4.69, 9.17) is 4.98 Å². The number of benzene rings is 2. The highest BCUT2D eigenvalue weighted by atomic mass is 15.2. The molecular formula is C21H20N4. The third kappa shape index (κ3) is 2.02. The molecule has 3 aromatic rings. The van der Waals surface area contributed by atoms with Gasteiger partial charge in [0.15, 0.2) is 0 Å². The Morgan fingerprint density at radius 2 is 1.96 bits per heavy atom. The fourth-order valence-corrected chi connectivity index (χ4v) is 4.66. The van der Waals surface area contributed by atoms with Gasteiger partial charge in [0.05, 0.1) is 23.1 Å². The number of piperidine rings is 1. The second kappa shape index (κ2) is 5.35. The van der Waals surface area contributed by atoms with Crippen molar-refractivity contribution in [2.45, 2.75) is 37.1 Å². The van der Waals surface area contributed by atoms with Crippen LogP contribution >= 0.6 is 0 Å². The van der Waals surface area contributed by atoms with Gasteiger partial charge < -0.3 is 9.88 Å². The fourth-order valence-electron chi connectivity index (χ4n) is 4.66. The Hall–Kier alpha value is -2.80. The Morgan fingerprint density at radius 3 is 2.84 bits per heavy atom. The number of anilines is 1. The Balaban J connectivity index is 1.73. The zero-order valence-electron chi connectivity index (χ0n) is 14.1. The SMILES string of the molecule is N#CC1(c2nc3ccccc3[nH]2)Cc2ccccc2N2CCCCC21. The topological polar surface area (TPSA) is 55.7 Å². The van der Waals surface area contributed by atoms with E-state index in [0.29, 0.717) is 0 Å². The van der Waals surface area contributed by atoms with E-state index in [9.17, 15) is 5.26 Å². The smallest absolute Gasteiger partial charge is 0.139 e. The van der Waals surface area contributed by atoms with E-state index in [2.05, 4.69) is 40.2 Å². The minimum Gasteiger partial charge on any atom is -0.366 e. The highest BCUT2D eigenvalue weighted by molar-refractivity contribution is 5.75. The van der Waals surface area contributed by atoms with Gasteiger partial charge in [0.2, 0.25) is 0 Å². The molecule has 0 saturated carbocycles. The lowest BCUT2D eigenvalue weighted by Gasteiger charge is -2.49. The molecule has 0 spiro atoms. The summed E-state index contributed by atoms with van der Waals surface area (Å²) in [4.78, 5) is 10.8. The lowest BCUT2D eigenvalue weighted by Crippen LogP contribution is -2.57. The van der Waals surface area contributed by atoms with Gasteiger partial charge in [0, 0.05) is 18.7 Å². The number of imidazole rings is 1. The summed E-state index contributed by atoms with van der Waals surface area (Å²) in [5.74, 6) is 0.822. The third-order valence-corrected chi connectivity index (χ3v) is 5.85. The molecule has 1 fully saturated rings. The van der Waals surface area contributed by atoms with E-state index in [1.165, 1.54) is 24.1 Å². The number of para-hydroxylation sites is 3. The van der Waals surface area contributed by atoms with Crippen molar-refractivity contribution in [2.24, 2.45) is 0 Å². The predicted molar refractivity (Wildman–Crippen MR) is 98.5 cm³/mol. The van der Waals surface area contributed by atoms with Crippen LogP contribution in [-0.2, 0) is 11.8 Å². The molecule has 0 aliphatic carbocycles. The zero-order valence-corrected chi connectivity index (χ0v) is 14.1. The number of nitriles is 1. The van der Waals surface area contributed by atoms with Crippen LogP contribution in [0.3, 0.4) is 0 Å². The van der Waals surface area contributed by atoms with Crippen LogP contribution < -0.4 is 4.90 Å². The number of aromatic amines is 1. The van der Waals surface area contributed by atoms with Crippen LogP contribution in [0, 0.1) is 11.3 Å². The van der Waals surface area contributed by atoms with Crippen LogP contribution in [0.25, 0.3) is 11.0 Å². The number of fused-ring (bicyclic) bond motifs is 4. The minimum absolute atomic E-state index is 0.182. The number of hydrogen-bond acceptors (Lipinski definition) is 3. The van der Waals surface area contributed by atoms with Crippen molar-refractivity contribution in [3.8, 4) is 6.07 Å². The first-order valence-electron chi connectivity index (χ1n) is 9.03. The van der Waals surface area contributed by atoms with Gasteiger partial charge in [-0.15, -0.1) is 0 Å². The van der Waals surface area contributed by atoms with E-state index < -0.39 is 5.41 Å². The van der Waals surface area contributed by atoms with E-state index >= 15 is 0 Å². The maximum atomic E-state index is 10.3. The lowest BCUT2D eigenvalue weighted by molar-refractivity contribution is 0.314.